The monoisotopic (exact) mass is 274 g/mol. The van der Waals surface area contributed by atoms with E-state index in [0.717, 1.165) is 11.1 Å². The molecule has 0 fully saturated rings. The molecular weight excluding hydrogens is 256 g/mol. The lowest BCUT2D eigenvalue weighted by Crippen LogP contribution is -2.22. The Morgan fingerprint density at radius 1 is 1.40 bits per heavy atom. The number of rotatable bonds is 5. The van der Waals surface area contributed by atoms with Crippen molar-refractivity contribution >= 4 is 5.91 Å². The van der Waals surface area contributed by atoms with Crippen LogP contribution in [-0.2, 0) is 13.1 Å². The van der Waals surface area contributed by atoms with Gasteiger partial charge in [-0.2, -0.15) is 0 Å². The Bertz CT molecular complexity index is 573. The highest BCUT2D eigenvalue weighted by Gasteiger charge is 2.09. The number of carbonyl (C=O) groups excluding carboxylic acids is 1. The van der Waals surface area contributed by atoms with Gasteiger partial charge in [0.1, 0.15) is 12.0 Å². The van der Waals surface area contributed by atoms with E-state index in [9.17, 15) is 9.90 Å². The normalized spacial score (nSPS) is 12.2. The molecule has 4 N–H and O–H groups in total. The van der Waals surface area contributed by atoms with Crippen molar-refractivity contribution in [2.24, 2.45) is 5.73 Å². The summed E-state index contributed by atoms with van der Waals surface area (Å²) in [7, 11) is 0. The first-order chi connectivity index (χ1) is 9.60. The number of furan rings is 1. The Labute approximate surface area is 117 Å². The minimum Gasteiger partial charge on any atom is -0.467 e. The first-order valence-corrected chi connectivity index (χ1v) is 6.42. The van der Waals surface area contributed by atoms with Crippen molar-refractivity contribution in [3.05, 3.63) is 59.0 Å². The number of benzene rings is 1. The minimum absolute atomic E-state index is 0.201. The summed E-state index contributed by atoms with van der Waals surface area (Å²) in [5.74, 6) is 0.379. The van der Waals surface area contributed by atoms with Crippen LogP contribution in [0.15, 0.2) is 41.0 Å². The number of aliphatic hydroxyl groups is 1. The third-order valence-corrected chi connectivity index (χ3v) is 3.03. The molecule has 106 valence electrons. The maximum atomic E-state index is 11.9. The quantitative estimate of drug-likeness (QED) is 0.774. The smallest absolute Gasteiger partial charge is 0.254 e. The molecule has 2 aromatic rings. The number of aliphatic hydroxyl groups excluding tert-OH is 1. The zero-order valence-electron chi connectivity index (χ0n) is 11.3. The molecule has 1 aromatic heterocycles. The van der Waals surface area contributed by atoms with Gasteiger partial charge >= 0.3 is 0 Å². The molecule has 1 heterocycles. The van der Waals surface area contributed by atoms with E-state index in [1.54, 1.807) is 13.0 Å². The summed E-state index contributed by atoms with van der Waals surface area (Å²) in [6.07, 6.45) is 0.910. The predicted octanol–water partition coefficient (Wildman–Crippen LogP) is 1.72. The van der Waals surface area contributed by atoms with Crippen LogP contribution in [0.2, 0.25) is 0 Å². The van der Waals surface area contributed by atoms with E-state index in [-0.39, 0.29) is 12.5 Å². The average Bonchev–Trinajstić information content (AvgIpc) is 2.94. The van der Waals surface area contributed by atoms with Gasteiger partial charge in [0.05, 0.1) is 18.2 Å². The van der Waals surface area contributed by atoms with Crippen molar-refractivity contribution < 1.29 is 14.3 Å². The van der Waals surface area contributed by atoms with E-state index in [1.165, 1.54) is 6.26 Å². The molecule has 1 atom stereocenters. The van der Waals surface area contributed by atoms with E-state index < -0.39 is 6.10 Å². The van der Waals surface area contributed by atoms with E-state index in [1.807, 2.05) is 24.3 Å². The first-order valence-electron chi connectivity index (χ1n) is 6.42. The summed E-state index contributed by atoms with van der Waals surface area (Å²) in [5.41, 5.74) is 7.70. The fourth-order valence-corrected chi connectivity index (χ4v) is 1.81. The van der Waals surface area contributed by atoms with E-state index >= 15 is 0 Å². The van der Waals surface area contributed by atoms with Crippen LogP contribution in [0.4, 0.5) is 0 Å². The largest absolute Gasteiger partial charge is 0.467 e. The molecule has 5 heteroatoms. The van der Waals surface area contributed by atoms with Gasteiger partial charge in [-0.05, 0) is 24.1 Å². The summed E-state index contributed by atoms with van der Waals surface area (Å²) in [5, 5.41) is 12.2. The summed E-state index contributed by atoms with van der Waals surface area (Å²) in [6, 6.07) is 9.07. The number of carbonyl (C=O) groups is 1. The molecule has 1 aromatic carbocycles. The highest BCUT2D eigenvalue weighted by atomic mass is 16.3. The zero-order chi connectivity index (χ0) is 14.5. The second-order valence-electron chi connectivity index (χ2n) is 4.61. The molecule has 0 aliphatic rings. The summed E-state index contributed by atoms with van der Waals surface area (Å²) >= 11 is 0. The maximum absolute atomic E-state index is 11.9. The predicted molar refractivity (Wildman–Crippen MR) is 74.8 cm³/mol. The van der Waals surface area contributed by atoms with E-state index in [0.29, 0.717) is 17.9 Å². The highest BCUT2D eigenvalue weighted by molar-refractivity contribution is 5.93. The summed E-state index contributed by atoms with van der Waals surface area (Å²) < 4.78 is 5.12. The Morgan fingerprint density at radius 2 is 2.10 bits per heavy atom. The van der Waals surface area contributed by atoms with Crippen molar-refractivity contribution in [3.8, 4) is 0 Å². The number of hydrogen-bond acceptors (Lipinski definition) is 4. The van der Waals surface area contributed by atoms with Gasteiger partial charge < -0.3 is 20.6 Å². The molecule has 1 unspecified atom stereocenters. The molecule has 5 nitrogen and oxygen atoms in total. The Kier molecular flexibility index (Phi) is 4.55. The van der Waals surface area contributed by atoms with Crippen molar-refractivity contribution in [2.75, 3.05) is 0 Å². The maximum Gasteiger partial charge on any atom is 0.254 e. The lowest BCUT2D eigenvalue weighted by molar-refractivity contribution is 0.0950. The lowest BCUT2D eigenvalue weighted by Gasteiger charge is -2.07. The number of nitrogens with two attached hydrogens (primary N) is 1. The van der Waals surface area contributed by atoms with Crippen LogP contribution in [0.5, 0.6) is 0 Å². The van der Waals surface area contributed by atoms with Crippen LogP contribution in [0.3, 0.4) is 0 Å². The molecule has 0 bridgehead atoms. The fraction of sp³-hybridized carbons (Fsp3) is 0.267. The first kappa shape index (κ1) is 14.3. The number of amides is 1. The van der Waals surface area contributed by atoms with Gasteiger partial charge in [-0.1, -0.05) is 24.3 Å². The van der Waals surface area contributed by atoms with Crippen LogP contribution in [0, 0.1) is 0 Å². The van der Waals surface area contributed by atoms with Crippen LogP contribution in [0.25, 0.3) is 0 Å². The molecule has 1 amide bonds. The molecule has 0 saturated carbocycles. The number of nitrogens with one attached hydrogen (secondary N) is 1. The van der Waals surface area contributed by atoms with Gasteiger partial charge in [0.2, 0.25) is 0 Å². The topological polar surface area (TPSA) is 88.5 Å². The van der Waals surface area contributed by atoms with Crippen LogP contribution >= 0.6 is 0 Å². The molecule has 0 aliphatic heterocycles. The standard InChI is InChI=1S/C15H18N2O3/c1-10(18)12-4-2-11(3-5-12)8-17-15(19)13-6-14(7-16)20-9-13/h2-6,9-10,18H,7-8,16H2,1H3,(H,17,19). The molecule has 20 heavy (non-hydrogen) atoms. The lowest BCUT2D eigenvalue weighted by atomic mass is 10.1. The van der Waals surface area contributed by atoms with Crippen molar-refractivity contribution in [1.82, 2.24) is 5.32 Å². The van der Waals surface area contributed by atoms with Gasteiger partial charge in [-0.25, -0.2) is 0 Å². The summed E-state index contributed by atoms with van der Waals surface area (Å²) in [6.45, 7) is 2.40. The molecule has 2 rings (SSSR count). The average molecular weight is 274 g/mol. The fourth-order valence-electron chi connectivity index (χ4n) is 1.81. The van der Waals surface area contributed by atoms with Gasteiger partial charge in [0.15, 0.2) is 0 Å². The van der Waals surface area contributed by atoms with E-state index in [2.05, 4.69) is 5.32 Å². The number of hydrogen-bond donors (Lipinski definition) is 3. The SMILES string of the molecule is CC(O)c1ccc(CNC(=O)c2coc(CN)c2)cc1. The molecular formula is C15H18N2O3. The second-order valence-corrected chi connectivity index (χ2v) is 4.61. The Balaban J connectivity index is 1.92. The van der Waals surface area contributed by atoms with Crippen molar-refractivity contribution in [3.63, 3.8) is 0 Å². The molecule has 0 spiro atoms. The molecule has 0 radical (unpaired) electrons. The van der Waals surface area contributed by atoms with Crippen LogP contribution in [0.1, 0.15) is 40.3 Å². The van der Waals surface area contributed by atoms with Crippen LogP contribution < -0.4 is 11.1 Å². The Hall–Kier alpha value is -2.11. The van der Waals surface area contributed by atoms with Gasteiger partial charge in [-0.3, -0.25) is 4.79 Å². The van der Waals surface area contributed by atoms with E-state index in [4.69, 9.17) is 10.2 Å². The van der Waals surface area contributed by atoms with Crippen LogP contribution in [-0.4, -0.2) is 11.0 Å². The zero-order valence-corrected chi connectivity index (χ0v) is 11.3. The second kappa shape index (κ2) is 6.36. The molecule has 0 saturated heterocycles. The van der Waals surface area contributed by atoms with Crippen molar-refractivity contribution in [2.45, 2.75) is 26.1 Å². The summed E-state index contributed by atoms with van der Waals surface area (Å²) in [4.78, 5) is 11.9. The van der Waals surface area contributed by atoms with Gasteiger partial charge in [0.25, 0.3) is 5.91 Å². The Morgan fingerprint density at radius 3 is 2.65 bits per heavy atom. The van der Waals surface area contributed by atoms with Gasteiger partial charge in [-0.15, -0.1) is 0 Å². The van der Waals surface area contributed by atoms with Crippen molar-refractivity contribution in [1.29, 1.82) is 0 Å². The molecule has 0 aliphatic carbocycles. The third kappa shape index (κ3) is 3.46. The third-order valence-electron chi connectivity index (χ3n) is 3.03. The highest BCUT2D eigenvalue weighted by Crippen LogP contribution is 2.13. The minimum atomic E-state index is -0.487. The van der Waals surface area contributed by atoms with Gasteiger partial charge in [0, 0.05) is 6.54 Å².